The smallest absolute Gasteiger partial charge is 0.0641 e. The lowest BCUT2D eigenvalue weighted by molar-refractivity contribution is -0.246. The van der Waals surface area contributed by atoms with E-state index in [0.717, 1.165) is 23.8 Å². The van der Waals surface area contributed by atoms with Gasteiger partial charge in [-0.05, 0) is 126 Å². The quantitative estimate of drug-likeness (QED) is 0.452. The minimum Gasteiger partial charge on any atom is -0.393 e. The molecule has 0 unspecified atom stereocenters. The van der Waals surface area contributed by atoms with Gasteiger partial charge in [0.05, 0.1) is 12.7 Å². The average molecular weight is 443 g/mol. The molecule has 5 aliphatic carbocycles. The lowest BCUT2D eigenvalue weighted by Gasteiger charge is -2.73. The van der Waals surface area contributed by atoms with Gasteiger partial charge in [-0.15, -0.1) is 0 Å². The van der Waals surface area contributed by atoms with Crippen molar-refractivity contribution in [1.82, 2.24) is 0 Å². The van der Waals surface area contributed by atoms with Crippen LogP contribution in [-0.2, 0) is 0 Å². The summed E-state index contributed by atoms with van der Waals surface area (Å²) in [5, 5.41) is 20.9. The summed E-state index contributed by atoms with van der Waals surface area (Å²) < 4.78 is 0. The fraction of sp³-hybridized carbons (Fsp3) is 0.933. The van der Waals surface area contributed by atoms with E-state index in [1.165, 1.54) is 57.8 Å². The van der Waals surface area contributed by atoms with E-state index >= 15 is 0 Å². The van der Waals surface area contributed by atoms with Crippen LogP contribution in [0.25, 0.3) is 0 Å². The first-order chi connectivity index (χ1) is 14.8. The second kappa shape index (κ2) is 7.09. The maximum Gasteiger partial charge on any atom is 0.0641 e. The molecule has 5 aliphatic rings. The number of rotatable bonds is 2. The first kappa shape index (κ1) is 23.4. The van der Waals surface area contributed by atoms with E-state index in [0.29, 0.717) is 39.4 Å². The molecule has 0 aromatic heterocycles. The van der Waals surface area contributed by atoms with Gasteiger partial charge in [0.2, 0.25) is 0 Å². The predicted octanol–water partition coefficient (Wildman–Crippen LogP) is 7.00. The fourth-order valence-corrected chi connectivity index (χ4v) is 11.5. The van der Waals surface area contributed by atoms with E-state index < -0.39 is 0 Å². The van der Waals surface area contributed by atoms with Crippen molar-refractivity contribution in [3.8, 4) is 0 Å². The van der Waals surface area contributed by atoms with E-state index in [1.807, 2.05) is 0 Å². The summed E-state index contributed by atoms with van der Waals surface area (Å²) in [5.74, 6) is 3.39. The predicted molar refractivity (Wildman–Crippen MR) is 132 cm³/mol. The van der Waals surface area contributed by atoms with Crippen molar-refractivity contribution in [1.29, 1.82) is 0 Å². The third-order valence-corrected chi connectivity index (χ3v) is 13.6. The molecule has 0 aromatic carbocycles. The van der Waals surface area contributed by atoms with Crippen LogP contribution < -0.4 is 0 Å². The van der Waals surface area contributed by atoms with Crippen molar-refractivity contribution in [3.05, 3.63) is 12.2 Å². The summed E-state index contributed by atoms with van der Waals surface area (Å²) in [4.78, 5) is 0. The van der Waals surface area contributed by atoms with Gasteiger partial charge >= 0.3 is 0 Å². The molecule has 2 nitrogen and oxygen atoms in total. The Morgan fingerprint density at radius 3 is 2.19 bits per heavy atom. The van der Waals surface area contributed by atoms with Crippen molar-refractivity contribution in [2.24, 2.45) is 56.7 Å². The number of fused-ring (bicyclic) bond motifs is 7. The average Bonchev–Trinajstić information content (AvgIpc) is 3.09. The van der Waals surface area contributed by atoms with Crippen LogP contribution in [0.3, 0.4) is 0 Å². The monoisotopic (exact) mass is 442 g/mol. The van der Waals surface area contributed by atoms with Crippen LogP contribution in [0.2, 0.25) is 0 Å². The Morgan fingerprint density at radius 2 is 1.50 bits per heavy atom. The zero-order valence-electron chi connectivity index (χ0n) is 21.8. The lowest BCUT2D eigenvalue weighted by Crippen LogP contribution is -2.66. The molecular formula is C30H50O2. The highest BCUT2D eigenvalue weighted by atomic mass is 16.3. The number of hydrogen-bond donors (Lipinski definition) is 2. The van der Waals surface area contributed by atoms with Crippen LogP contribution in [0.1, 0.15) is 106 Å². The Kier molecular flexibility index (Phi) is 5.19. The molecule has 0 saturated heterocycles. The Morgan fingerprint density at radius 1 is 0.781 bits per heavy atom. The van der Waals surface area contributed by atoms with Gasteiger partial charge < -0.3 is 10.2 Å². The summed E-state index contributed by atoms with van der Waals surface area (Å²) >= 11 is 0. The maximum absolute atomic E-state index is 10.9. The zero-order chi connectivity index (χ0) is 23.3. The fourth-order valence-electron chi connectivity index (χ4n) is 11.5. The summed E-state index contributed by atoms with van der Waals surface area (Å²) in [6, 6.07) is 0. The van der Waals surface area contributed by atoms with E-state index in [9.17, 15) is 10.2 Å². The minimum absolute atomic E-state index is 0.0344. The zero-order valence-corrected chi connectivity index (χ0v) is 21.8. The van der Waals surface area contributed by atoms with Crippen molar-refractivity contribution in [2.45, 2.75) is 112 Å². The maximum atomic E-state index is 10.9. The van der Waals surface area contributed by atoms with E-state index in [1.54, 1.807) is 0 Å². The number of hydrogen-bond acceptors (Lipinski definition) is 2. The SMILES string of the molecule is C=C(CO)[C@@H]1CC[C@]2(C)CC[C@]3(C)[C@H](CC[C@@H]4[C@@]5(C)CC[C@H](O)C(C)(C)[C@@H]5CC[C@]43C)[C@@H]12. The first-order valence-electron chi connectivity index (χ1n) is 13.8. The van der Waals surface area contributed by atoms with E-state index in [4.69, 9.17) is 0 Å². The molecular weight excluding hydrogens is 392 g/mol. The standard InChI is InChI=1S/C30H50O2/c1-19(18-31)20-10-13-27(4)16-17-29(6)21(25(20)27)8-9-23-28(5)14-12-24(32)26(2,3)22(28)11-15-30(23,29)7/h20-25,31-32H,1,8-18H2,2-7H3/t20-,21+,22-,23+,24-,25+,27+,28-,29+,30+/m0/s1. The molecule has 2 N–H and O–H groups in total. The topological polar surface area (TPSA) is 40.5 Å². The van der Waals surface area contributed by atoms with Crippen molar-refractivity contribution >= 4 is 0 Å². The van der Waals surface area contributed by atoms with E-state index in [2.05, 4.69) is 48.1 Å². The van der Waals surface area contributed by atoms with Crippen LogP contribution in [0.4, 0.5) is 0 Å². The Hall–Kier alpha value is -0.340. The van der Waals surface area contributed by atoms with Crippen molar-refractivity contribution < 1.29 is 10.2 Å². The van der Waals surface area contributed by atoms with E-state index in [-0.39, 0.29) is 18.1 Å². The molecule has 0 bridgehead atoms. The highest BCUT2D eigenvalue weighted by molar-refractivity contribution is 5.21. The minimum atomic E-state index is -0.143. The highest BCUT2D eigenvalue weighted by Gasteiger charge is 2.70. The van der Waals surface area contributed by atoms with Crippen LogP contribution in [-0.4, -0.2) is 22.9 Å². The largest absolute Gasteiger partial charge is 0.393 e. The van der Waals surface area contributed by atoms with Crippen LogP contribution in [0, 0.1) is 56.7 Å². The van der Waals surface area contributed by atoms with Gasteiger partial charge in [-0.2, -0.15) is 0 Å². The Labute approximate surface area is 197 Å². The number of aliphatic hydroxyl groups excluding tert-OH is 2. The van der Waals surface area contributed by atoms with Gasteiger partial charge in [0, 0.05) is 0 Å². The molecule has 5 saturated carbocycles. The van der Waals surface area contributed by atoms with Crippen LogP contribution >= 0.6 is 0 Å². The van der Waals surface area contributed by atoms with Crippen molar-refractivity contribution in [3.63, 3.8) is 0 Å². The van der Waals surface area contributed by atoms with Gasteiger partial charge in [0.15, 0.2) is 0 Å². The molecule has 10 atom stereocenters. The third-order valence-electron chi connectivity index (χ3n) is 13.6. The third kappa shape index (κ3) is 2.72. The van der Waals surface area contributed by atoms with Gasteiger partial charge in [-0.3, -0.25) is 0 Å². The molecule has 5 fully saturated rings. The summed E-state index contributed by atoms with van der Waals surface area (Å²) in [6.45, 7) is 19.8. The number of aliphatic hydroxyl groups is 2. The van der Waals surface area contributed by atoms with Gasteiger partial charge in [0.25, 0.3) is 0 Å². The molecule has 5 rings (SSSR count). The molecule has 0 aromatic rings. The summed E-state index contributed by atoms with van der Waals surface area (Å²) in [5.41, 5.74) is 2.70. The Balaban J connectivity index is 1.53. The van der Waals surface area contributed by atoms with Gasteiger partial charge in [-0.1, -0.05) is 48.1 Å². The van der Waals surface area contributed by atoms with Gasteiger partial charge in [0.1, 0.15) is 0 Å². The van der Waals surface area contributed by atoms with Crippen LogP contribution in [0.15, 0.2) is 12.2 Å². The summed E-state index contributed by atoms with van der Waals surface area (Å²) in [7, 11) is 0. The Bertz CT molecular complexity index is 786. The second-order valence-corrected chi connectivity index (χ2v) is 14.7. The molecule has 32 heavy (non-hydrogen) atoms. The lowest BCUT2D eigenvalue weighted by atomic mass is 9.32. The molecule has 0 amide bonds. The molecule has 0 heterocycles. The summed E-state index contributed by atoms with van der Waals surface area (Å²) in [6.07, 6.45) is 12.7. The second-order valence-electron chi connectivity index (χ2n) is 14.7. The molecule has 0 spiro atoms. The molecule has 0 radical (unpaired) electrons. The van der Waals surface area contributed by atoms with Gasteiger partial charge in [-0.25, -0.2) is 0 Å². The van der Waals surface area contributed by atoms with Crippen molar-refractivity contribution in [2.75, 3.05) is 6.61 Å². The van der Waals surface area contributed by atoms with Crippen LogP contribution in [0.5, 0.6) is 0 Å². The molecule has 182 valence electrons. The first-order valence-corrected chi connectivity index (χ1v) is 13.8. The normalized spacial score (nSPS) is 56.5. The highest BCUT2D eigenvalue weighted by Crippen LogP contribution is 2.77. The molecule has 2 heteroatoms. The molecule has 0 aliphatic heterocycles.